The Morgan fingerprint density at radius 1 is 1.40 bits per heavy atom. The van der Waals surface area contributed by atoms with Crippen LogP contribution in [0.3, 0.4) is 0 Å². The summed E-state index contributed by atoms with van der Waals surface area (Å²) < 4.78 is 5.36. The van der Waals surface area contributed by atoms with Crippen molar-refractivity contribution in [3.8, 4) is 5.75 Å². The Labute approximate surface area is 120 Å². The van der Waals surface area contributed by atoms with E-state index < -0.39 is 5.60 Å². The summed E-state index contributed by atoms with van der Waals surface area (Å²) in [6, 6.07) is 7.52. The minimum atomic E-state index is -0.769. The van der Waals surface area contributed by atoms with Gasteiger partial charge in [0.2, 0.25) is 5.91 Å². The second kappa shape index (κ2) is 6.27. The number of benzene rings is 1. The van der Waals surface area contributed by atoms with E-state index in [-0.39, 0.29) is 5.91 Å². The zero-order chi connectivity index (χ0) is 14.6. The number of aliphatic hydroxyl groups is 1. The van der Waals surface area contributed by atoms with Crippen LogP contribution in [0.5, 0.6) is 5.75 Å². The van der Waals surface area contributed by atoms with Crippen LogP contribution >= 0.6 is 0 Å². The molecule has 2 N–H and O–H groups in total. The first kappa shape index (κ1) is 14.9. The van der Waals surface area contributed by atoms with E-state index in [4.69, 9.17) is 4.74 Å². The van der Waals surface area contributed by atoms with E-state index in [1.807, 2.05) is 31.2 Å². The summed E-state index contributed by atoms with van der Waals surface area (Å²) in [7, 11) is 0. The average molecular weight is 277 g/mol. The van der Waals surface area contributed by atoms with Gasteiger partial charge in [0.05, 0.1) is 18.6 Å². The molecule has 1 aliphatic carbocycles. The lowest BCUT2D eigenvalue weighted by Crippen LogP contribution is -2.42. The van der Waals surface area contributed by atoms with Crippen molar-refractivity contribution in [2.24, 2.45) is 5.92 Å². The number of ether oxygens (including phenoxy) is 1. The Morgan fingerprint density at radius 3 is 2.60 bits per heavy atom. The van der Waals surface area contributed by atoms with E-state index in [1.165, 1.54) is 0 Å². The van der Waals surface area contributed by atoms with Gasteiger partial charge in [0.15, 0.2) is 0 Å². The SMILES string of the molecule is CCOc1ccc(CC(=O)NC[C@@](C)(O)C2CC2)cc1. The number of nitrogens with one attached hydrogen (secondary N) is 1. The van der Waals surface area contributed by atoms with Gasteiger partial charge in [-0.3, -0.25) is 4.79 Å². The summed E-state index contributed by atoms with van der Waals surface area (Å²) in [5.41, 5.74) is 0.172. The third-order valence-corrected chi connectivity index (χ3v) is 3.70. The Hall–Kier alpha value is -1.55. The predicted molar refractivity (Wildman–Crippen MR) is 77.7 cm³/mol. The number of hydrogen-bond acceptors (Lipinski definition) is 3. The first-order valence-corrected chi connectivity index (χ1v) is 7.22. The summed E-state index contributed by atoms with van der Waals surface area (Å²) in [5.74, 6) is 1.09. The van der Waals surface area contributed by atoms with E-state index in [1.54, 1.807) is 6.92 Å². The van der Waals surface area contributed by atoms with Crippen molar-refractivity contribution in [3.63, 3.8) is 0 Å². The molecule has 4 heteroatoms. The molecule has 1 aromatic rings. The van der Waals surface area contributed by atoms with Crippen LogP contribution in [-0.4, -0.2) is 29.8 Å². The number of hydrogen-bond donors (Lipinski definition) is 2. The van der Waals surface area contributed by atoms with Crippen molar-refractivity contribution >= 4 is 5.91 Å². The molecule has 0 radical (unpaired) electrons. The standard InChI is InChI=1S/C16H23NO3/c1-3-20-14-8-4-12(5-9-14)10-15(18)17-11-16(2,19)13-6-7-13/h4-5,8-9,13,19H,3,6-7,10-11H2,1-2H3,(H,17,18)/t16-/m1/s1. The fourth-order valence-electron chi connectivity index (χ4n) is 2.25. The topological polar surface area (TPSA) is 58.6 Å². The molecule has 0 heterocycles. The maximum Gasteiger partial charge on any atom is 0.224 e. The smallest absolute Gasteiger partial charge is 0.224 e. The second-order valence-electron chi connectivity index (χ2n) is 5.66. The maximum atomic E-state index is 11.9. The van der Waals surface area contributed by atoms with Gasteiger partial charge in [-0.15, -0.1) is 0 Å². The van der Waals surface area contributed by atoms with Crippen LogP contribution < -0.4 is 10.1 Å². The maximum absolute atomic E-state index is 11.9. The molecule has 2 rings (SSSR count). The summed E-state index contributed by atoms with van der Waals surface area (Å²) in [6.45, 7) is 4.69. The van der Waals surface area contributed by atoms with Gasteiger partial charge in [0.25, 0.3) is 0 Å². The summed E-state index contributed by atoms with van der Waals surface area (Å²) in [6.07, 6.45) is 2.44. The molecule has 4 nitrogen and oxygen atoms in total. The number of rotatable bonds is 7. The molecule has 1 fully saturated rings. The van der Waals surface area contributed by atoms with Crippen molar-refractivity contribution in [2.75, 3.05) is 13.2 Å². The highest BCUT2D eigenvalue weighted by Gasteiger charge is 2.39. The second-order valence-corrected chi connectivity index (χ2v) is 5.66. The van der Waals surface area contributed by atoms with Crippen molar-refractivity contribution in [3.05, 3.63) is 29.8 Å². The molecule has 1 atom stereocenters. The molecule has 0 bridgehead atoms. The van der Waals surface area contributed by atoms with Crippen LogP contribution in [0.1, 0.15) is 32.3 Å². The van der Waals surface area contributed by atoms with Crippen molar-refractivity contribution in [2.45, 2.75) is 38.7 Å². The molecule has 1 aliphatic rings. The normalized spacial score (nSPS) is 17.4. The van der Waals surface area contributed by atoms with Crippen molar-refractivity contribution in [1.82, 2.24) is 5.32 Å². The molecule has 1 amide bonds. The molecule has 0 unspecified atom stereocenters. The molecule has 110 valence electrons. The fourth-order valence-corrected chi connectivity index (χ4v) is 2.25. The summed E-state index contributed by atoms with van der Waals surface area (Å²) in [5, 5.41) is 12.9. The summed E-state index contributed by atoms with van der Waals surface area (Å²) >= 11 is 0. The fraction of sp³-hybridized carbons (Fsp3) is 0.562. The largest absolute Gasteiger partial charge is 0.494 e. The summed E-state index contributed by atoms with van der Waals surface area (Å²) in [4.78, 5) is 11.9. The molecule has 1 aromatic carbocycles. The van der Waals surface area contributed by atoms with Gasteiger partial charge < -0.3 is 15.2 Å². The Balaban J connectivity index is 1.78. The first-order chi connectivity index (χ1) is 9.51. The number of carbonyl (C=O) groups excluding carboxylic acids is 1. The lowest BCUT2D eigenvalue weighted by Gasteiger charge is -2.23. The third-order valence-electron chi connectivity index (χ3n) is 3.70. The van der Waals surface area contributed by atoms with Crippen LogP contribution in [0, 0.1) is 5.92 Å². The van der Waals surface area contributed by atoms with Crippen LogP contribution in [-0.2, 0) is 11.2 Å². The number of amides is 1. The Kier molecular flexibility index (Phi) is 4.65. The molecular weight excluding hydrogens is 254 g/mol. The molecular formula is C16H23NO3. The quantitative estimate of drug-likeness (QED) is 0.800. The van der Waals surface area contributed by atoms with Gasteiger partial charge in [-0.1, -0.05) is 12.1 Å². The van der Waals surface area contributed by atoms with Crippen molar-refractivity contribution in [1.29, 1.82) is 0 Å². The minimum Gasteiger partial charge on any atom is -0.494 e. The zero-order valence-corrected chi connectivity index (χ0v) is 12.2. The van der Waals surface area contributed by atoms with Gasteiger partial charge in [-0.05, 0) is 50.3 Å². The van der Waals surface area contributed by atoms with E-state index >= 15 is 0 Å². The van der Waals surface area contributed by atoms with E-state index in [0.717, 1.165) is 24.2 Å². The lowest BCUT2D eigenvalue weighted by atomic mass is 10.0. The molecule has 0 spiro atoms. The van der Waals surface area contributed by atoms with E-state index in [2.05, 4.69) is 5.32 Å². The highest BCUT2D eigenvalue weighted by molar-refractivity contribution is 5.78. The lowest BCUT2D eigenvalue weighted by molar-refractivity contribution is -0.121. The van der Waals surface area contributed by atoms with Gasteiger partial charge in [0, 0.05) is 6.54 Å². The first-order valence-electron chi connectivity index (χ1n) is 7.22. The third kappa shape index (κ3) is 4.23. The Bertz CT molecular complexity index is 449. The van der Waals surface area contributed by atoms with Crippen molar-refractivity contribution < 1.29 is 14.6 Å². The van der Waals surface area contributed by atoms with E-state index in [0.29, 0.717) is 25.5 Å². The average Bonchev–Trinajstić information content (AvgIpc) is 3.24. The zero-order valence-electron chi connectivity index (χ0n) is 12.2. The minimum absolute atomic E-state index is 0.0601. The van der Waals surface area contributed by atoms with Crippen LogP contribution in [0.25, 0.3) is 0 Å². The van der Waals surface area contributed by atoms with Gasteiger partial charge in [-0.2, -0.15) is 0 Å². The van der Waals surface area contributed by atoms with E-state index in [9.17, 15) is 9.90 Å². The van der Waals surface area contributed by atoms with Gasteiger partial charge >= 0.3 is 0 Å². The van der Waals surface area contributed by atoms with Gasteiger partial charge in [0.1, 0.15) is 5.75 Å². The Morgan fingerprint density at radius 2 is 2.05 bits per heavy atom. The monoisotopic (exact) mass is 277 g/mol. The molecule has 0 saturated heterocycles. The molecule has 0 aliphatic heterocycles. The highest BCUT2D eigenvalue weighted by atomic mass is 16.5. The van der Waals surface area contributed by atoms with Crippen LogP contribution in [0.2, 0.25) is 0 Å². The van der Waals surface area contributed by atoms with Crippen LogP contribution in [0.4, 0.5) is 0 Å². The number of carbonyl (C=O) groups is 1. The van der Waals surface area contributed by atoms with Crippen LogP contribution in [0.15, 0.2) is 24.3 Å². The van der Waals surface area contributed by atoms with Gasteiger partial charge in [-0.25, -0.2) is 0 Å². The molecule has 20 heavy (non-hydrogen) atoms. The predicted octanol–water partition coefficient (Wildman–Crippen LogP) is 1.91. The highest BCUT2D eigenvalue weighted by Crippen LogP contribution is 2.38. The molecule has 1 saturated carbocycles. The molecule has 0 aromatic heterocycles.